The predicted octanol–water partition coefficient (Wildman–Crippen LogP) is 4.42. The number of para-hydroxylation sites is 1. The molecule has 3 aromatic rings. The molecule has 1 heterocycles. The number of benzene rings is 2. The number of alkyl halides is 3. The Morgan fingerprint density at radius 1 is 1.06 bits per heavy atom. The van der Waals surface area contributed by atoms with Gasteiger partial charge in [-0.3, -0.25) is 4.79 Å². The number of fused-ring (bicyclic) bond motifs is 1. The molecule has 3 rings (SSSR count). The van der Waals surface area contributed by atoms with Crippen LogP contribution in [0.3, 0.4) is 0 Å². The Labute approximate surface area is 181 Å². The minimum absolute atomic E-state index is 0.0674. The molecule has 0 saturated heterocycles. The molecular formula is C21H20F3N3O3S. The summed E-state index contributed by atoms with van der Waals surface area (Å²) >= 11 is 0.954. The number of methoxy groups -OCH3 is 2. The van der Waals surface area contributed by atoms with E-state index in [2.05, 4.69) is 9.97 Å². The first-order valence-corrected chi connectivity index (χ1v) is 10.1. The second kappa shape index (κ2) is 9.42. The van der Waals surface area contributed by atoms with Crippen LogP contribution in [0.4, 0.5) is 13.2 Å². The Balaban J connectivity index is 1.74. The smallest absolute Gasteiger partial charge is 0.451 e. The van der Waals surface area contributed by atoms with E-state index in [0.29, 0.717) is 23.4 Å². The van der Waals surface area contributed by atoms with Gasteiger partial charge in [-0.2, -0.15) is 13.2 Å². The molecule has 2 aromatic carbocycles. The number of carbonyl (C=O) groups excluding carboxylic acids is 1. The molecule has 0 radical (unpaired) electrons. The van der Waals surface area contributed by atoms with E-state index in [0.717, 1.165) is 17.3 Å². The van der Waals surface area contributed by atoms with Crippen molar-refractivity contribution in [1.82, 2.24) is 14.9 Å². The first-order valence-electron chi connectivity index (χ1n) is 9.14. The van der Waals surface area contributed by atoms with Gasteiger partial charge in [0.2, 0.25) is 11.7 Å². The molecule has 0 spiro atoms. The van der Waals surface area contributed by atoms with Gasteiger partial charge >= 0.3 is 6.18 Å². The number of hydrogen-bond donors (Lipinski definition) is 0. The molecule has 164 valence electrons. The fourth-order valence-corrected chi connectivity index (χ4v) is 3.83. The first-order chi connectivity index (χ1) is 14.7. The average Bonchev–Trinajstić information content (AvgIpc) is 2.76. The lowest BCUT2D eigenvalue weighted by Gasteiger charge is -2.18. The van der Waals surface area contributed by atoms with Crippen LogP contribution in [0, 0.1) is 0 Å². The summed E-state index contributed by atoms with van der Waals surface area (Å²) < 4.78 is 49.9. The number of halogens is 3. The third-order valence-electron chi connectivity index (χ3n) is 4.45. The van der Waals surface area contributed by atoms with Crippen LogP contribution in [0.15, 0.2) is 47.5 Å². The summed E-state index contributed by atoms with van der Waals surface area (Å²) in [6.07, 6.45) is -4.67. The highest BCUT2D eigenvalue weighted by molar-refractivity contribution is 8.00. The van der Waals surface area contributed by atoms with Crippen LogP contribution < -0.4 is 9.47 Å². The van der Waals surface area contributed by atoms with E-state index in [9.17, 15) is 18.0 Å². The molecule has 0 bridgehead atoms. The van der Waals surface area contributed by atoms with Crippen LogP contribution in [0.25, 0.3) is 10.9 Å². The summed E-state index contributed by atoms with van der Waals surface area (Å²) in [5.41, 5.74) is 1.00. The summed E-state index contributed by atoms with van der Waals surface area (Å²) in [5.74, 6) is -0.424. The number of carbonyl (C=O) groups is 1. The first kappa shape index (κ1) is 22.7. The lowest BCUT2D eigenvalue weighted by atomic mass is 10.2. The van der Waals surface area contributed by atoms with Crippen molar-refractivity contribution in [3.05, 3.63) is 53.9 Å². The molecule has 1 amide bonds. The fourth-order valence-electron chi connectivity index (χ4n) is 2.87. The minimum atomic E-state index is -4.67. The number of amides is 1. The summed E-state index contributed by atoms with van der Waals surface area (Å²) in [7, 11) is 4.68. The Morgan fingerprint density at radius 2 is 1.77 bits per heavy atom. The van der Waals surface area contributed by atoms with Gasteiger partial charge in [0.25, 0.3) is 0 Å². The maximum atomic E-state index is 13.2. The number of rotatable bonds is 7. The van der Waals surface area contributed by atoms with Gasteiger partial charge in [0.15, 0.2) is 11.5 Å². The molecule has 0 unspecified atom stereocenters. The quantitative estimate of drug-likeness (QED) is 0.392. The average molecular weight is 451 g/mol. The SMILES string of the molecule is COc1ccc(CN(C)C(=O)CSc2nc(C(F)(F)F)nc3ccccc23)cc1OC. The molecule has 0 atom stereocenters. The van der Waals surface area contributed by atoms with Crippen LogP contribution in [-0.2, 0) is 17.5 Å². The third-order valence-corrected chi connectivity index (χ3v) is 5.42. The number of nitrogens with zero attached hydrogens (tertiary/aromatic N) is 3. The van der Waals surface area contributed by atoms with Gasteiger partial charge in [-0.25, -0.2) is 9.97 Å². The van der Waals surface area contributed by atoms with Gasteiger partial charge in [-0.1, -0.05) is 36.0 Å². The van der Waals surface area contributed by atoms with Crippen molar-refractivity contribution in [3.63, 3.8) is 0 Å². The molecule has 0 saturated carbocycles. The molecule has 0 aliphatic heterocycles. The lowest BCUT2D eigenvalue weighted by molar-refractivity contribution is -0.145. The Kier molecular flexibility index (Phi) is 6.89. The minimum Gasteiger partial charge on any atom is -0.493 e. The number of thioether (sulfide) groups is 1. The largest absolute Gasteiger partial charge is 0.493 e. The van der Waals surface area contributed by atoms with E-state index in [1.54, 1.807) is 37.4 Å². The Hall–Kier alpha value is -3.01. The van der Waals surface area contributed by atoms with Gasteiger partial charge in [0, 0.05) is 19.0 Å². The Morgan fingerprint density at radius 3 is 2.45 bits per heavy atom. The molecule has 6 nitrogen and oxygen atoms in total. The molecule has 0 aliphatic carbocycles. The monoisotopic (exact) mass is 451 g/mol. The molecule has 0 aliphatic rings. The van der Waals surface area contributed by atoms with Gasteiger partial charge < -0.3 is 14.4 Å². The molecule has 0 N–H and O–H groups in total. The molecule has 1 aromatic heterocycles. The van der Waals surface area contributed by atoms with Crippen molar-refractivity contribution in [1.29, 1.82) is 0 Å². The maximum Gasteiger partial charge on any atom is 0.451 e. The highest BCUT2D eigenvalue weighted by atomic mass is 32.2. The number of hydrogen-bond acceptors (Lipinski definition) is 6. The summed E-state index contributed by atoms with van der Waals surface area (Å²) in [4.78, 5) is 21.3. The maximum absolute atomic E-state index is 13.2. The lowest BCUT2D eigenvalue weighted by Crippen LogP contribution is -2.27. The van der Waals surface area contributed by atoms with Gasteiger partial charge in [-0.05, 0) is 23.8 Å². The second-order valence-electron chi connectivity index (χ2n) is 6.60. The van der Waals surface area contributed by atoms with Crippen LogP contribution in [0.1, 0.15) is 11.4 Å². The van der Waals surface area contributed by atoms with E-state index in [4.69, 9.17) is 9.47 Å². The zero-order valence-corrected chi connectivity index (χ0v) is 17.9. The molecule has 0 fully saturated rings. The van der Waals surface area contributed by atoms with Crippen LogP contribution >= 0.6 is 11.8 Å². The van der Waals surface area contributed by atoms with Gasteiger partial charge in [0.05, 0.1) is 25.5 Å². The third kappa shape index (κ3) is 5.38. The second-order valence-corrected chi connectivity index (χ2v) is 7.56. The van der Waals surface area contributed by atoms with Crippen molar-refractivity contribution in [2.75, 3.05) is 27.0 Å². The Bertz CT molecular complexity index is 1090. The summed E-state index contributed by atoms with van der Waals surface area (Å²) in [5, 5.41) is 0.585. The number of ether oxygens (including phenoxy) is 2. The van der Waals surface area contributed by atoms with Crippen molar-refractivity contribution < 1.29 is 27.4 Å². The van der Waals surface area contributed by atoms with E-state index in [1.807, 2.05) is 6.07 Å². The van der Waals surface area contributed by atoms with E-state index in [-0.39, 0.29) is 22.2 Å². The van der Waals surface area contributed by atoms with Crippen molar-refractivity contribution >= 4 is 28.6 Å². The molecular weight excluding hydrogens is 431 g/mol. The highest BCUT2D eigenvalue weighted by Gasteiger charge is 2.35. The van der Waals surface area contributed by atoms with Crippen molar-refractivity contribution in [3.8, 4) is 11.5 Å². The van der Waals surface area contributed by atoms with Gasteiger partial charge in [0.1, 0.15) is 5.03 Å². The highest BCUT2D eigenvalue weighted by Crippen LogP contribution is 2.32. The standard InChI is InChI=1S/C21H20F3N3O3S/c1-27(11-13-8-9-16(29-2)17(10-13)30-3)18(28)12-31-19-14-6-4-5-7-15(14)25-20(26-19)21(22,23)24/h4-10H,11-12H2,1-3H3. The van der Waals surface area contributed by atoms with E-state index >= 15 is 0 Å². The van der Waals surface area contributed by atoms with Crippen molar-refractivity contribution in [2.45, 2.75) is 17.7 Å². The zero-order chi connectivity index (χ0) is 22.6. The summed E-state index contributed by atoms with van der Waals surface area (Å²) in [6, 6.07) is 11.7. The fraction of sp³-hybridized carbons (Fsp3) is 0.286. The molecule has 10 heteroatoms. The van der Waals surface area contributed by atoms with Gasteiger partial charge in [-0.15, -0.1) is 0 Å². The normalized spacial score (nSPS) is 11.4. The van der Waals surface area contributed by atoms with Crippen LogP contribution in [0.5, 0.6) is 11.5 Å². The van der Waals surface area contributed by atoms with Crippen LogP contribution in [-0.4, -0.2) is 47.8 Å². The zero-order valence-electron chi connectivity index (χ0n) is 17.1. The van der Waals surface area contributed by atoms with E-state index < -0.39 is 12.0 Å². The van der Waals surface area contributed by atoms with Crippen molar-refractivity contribution in [2.24, 2.45) is 0 Å². The molecule has 31 heavy (non-hydrogen) atoms. The predicted molar refractivity (Wildman–Crippen MR) is 111 cm³/mol. The van der Waals surface area contributed by atoms with Crippen LogP contribution in [0.2, 0.25) is 0 Å². The van der Waals surface area contributed by atoms with E-state index in [1.165, 1.54) is 25.2 Å². The topological polar surface area (TPSA) is 64.5 Å². The summed E-state index contributed by atoms with van der Waals surface area (Å²) in [6.45, 7) is 0.304. The number of aromatic nitrogens is 2.